The molecule has 0 radical (unpaired) electrons. The molecule has 2 fully saturated rings. The predicted molar refractivity (Wildman–Crippen MR) is 261 cm³/mol. The van der Waals surface area contributed by atoms with Crippen molar-refractivity contribution in [3.63, 3.8) is 0 Å². The third-order valence-electron chi connectivity index (χ3n) is 12.0. The van der Waals surface area contributed by atoms with E-state index in [2.05, 4.69) is 68.5 Å². The molecule has 68 heavy (non-hydrogen) atoms. The monoisotopic (exact) mass is 967 g/mol. The minimum absolute atomic E-state index is 0.135. The van der Waals surface area contributed by atoms with Gasteiger partial charge in [-0.25, -0.2) is 0 Å². The second kappa shape index (κ2) is 39.9. The van der Waals surface area contributed by atoms with E-state index >= 15 is 0 Å². The van der Waals surface area contributed by atoms with Gasteiger partial charge in [0.2, 0.25) is 0 Å². The van der Waals surface area contributed by atoms with Crippen molar-refractivity contribution in [2.24, 2.45) is 0 Å². The van der Waals surface area contributed by atoms with Gasteiger partial charge in [-0.15, -0.1) is 0 Å². The zero-order valence-corrected chi connectivity index (χ0v) is 41.3. The molecular formula is C53H90O15. The number of aliphatic hydroxyl groups is 7. The van der Waals surface area contributed by atoms with Crippen LogP contribution < -0.4 is 0 Å². The number of carbonyl (C=O) groups is 2. The first-order chi connectivity index (χ1) is 33.0. The van der Waals surface area contributed by atoms with Gasteiger partial charge in [-0.05, 0) is 70.6 Å². The van der Waals surface area contributed by atoms with E-state index < -0.39 is 99.3 Å². The predicted octanol–water partition coefficient (Wildman–Crippen LogP) is 7.27. The Balaban J connectivity index is 1.84. The van der Waals surface area contributed by atoms with Crippen molar-refractivity contribution >= 4 is 11.9 Å². The number of esters is 2. The fourth-order valence-electron chi connectivity index (χ4n) is 7.69. The average Bonchev–Trinajstić information content (AvgIpc) is 3.33. The molecule has 392 valence electrons. The molecule has 0 spiro atoms. The highest BCUT2D eigenvalue weighted by atomic mass is 16.7. The Morgan fingerprint density at radius 3 is 1.53 bits per heavy atom. The summed E-state index contributed by atoms with van der Waals surface area (Å²) >= 11 is 0. The van der Waals surface area contributed by atoms with Gasteiger partial charge in [0.05, 0.1) is 19.8 Å². The summed E-state index contributed by atoms with van der Waals surface area (Å²) in [5, 5.41) is 72.1. The molecule has 0 aromatic carbocycles. The number of hydrogen-bond acceptors (Lipinski definition) is 15. The van der Waals surface area contributed by atoms with Crippen LogP contribution in [0.25, 0.3) is 0 Å². The number of ether oxygens (including phenoxy) is 6. The van der Waals surface area contributed by atoms with Crippen LogP contribution in [-0.4, -0.2) is 142 Å². The Hall–Kier alpha value is -2.80. The van der Waals surface area contributed by atoms with Crippen molar-refractivity contribution in [2.75, 3.05) is 26.4 Å². The number of carbonyl (C=O) groups excluding carboxylic acids is 2. The molecule has 2 aliphatic heterocycles. The van der Waals surface area contributed by atoms with Crippen molar-refractivity contribution in [1.29, 1.82) is 0 Å². The van der Waals surface area contributed by atoms with Crippen molar-refractivity contribution < 1.29 is 73.8 Å². The first-order valence-corrected chi connectivity index (χ1v) is 25.9. The van der Waals surface area contributed by atoms with Gasteiger partial charge in [0.25, 0.3) is 0 Å². The summed E-state index contributed by atoms with van der Waals surface area (Å²) in [5.41, 5.74) is 0. The van der Waals surface area contributed by atoms with E-state index in [1.54, 1.807) is 0 Å². The molecule has 15 nitrogen and oxygen atoms in total. The van der Waals surface area contributed by atoms with Crippen molar-refractivity contribution in [2.45, 2.75) is 235 Å². The van der Waals surface area contributed by atoms with Gasteiger partial charge in [-0.3, -0.25) is 9.59 Å². The standard InChI is InChI=1S/C53H90O15/c1-3-5-7-9-11-13-15-17-19-20-22-23-25-27-29-31-33-35-44(55)63-38-41(66-45(56)36-34-32-30-28-26-24-21-18-16-14-12-10-8-6-4-2)39-64-52-51(62)49(60)47(58)43(68-52)40-65-53-50(61)48(59)46(57)42(37-54)67-53/h14,16-19,21-23,27,29,41-43,46-54,57-62H,3-13,15,20,24-26,28,30-40H2,1-2H3/b16-14+,19-17+,21-18+,23-22+,29-27+/t41-,42+,43+,46-,47-,48?,49?,50?,51?,52+,53+/m0/s1. The Kier molecular flexibility index (Phi) is 36.0. The second-order valence-corrected chi connectivity index (χ2v) is 18.0. The minimum Gasteiger partial charge on any atom is -0.462 e. The maximum absolute atomic E-state index is 13.0. The molecule has 0 aromatic rings. The molecule has 0 aromatic heterocycles. The summed E-state index contributed by atoms with van der Waals surface area (Å²) in [5.74, 6) is -1.01. The lowest BCUT2D eigenvalue weighted by Gasteiger charge is -2.42. The molecular weight excluding hydrogens is 877 g/mol. The van der Waals surface area contributed by atoms with E-state index in [1.165, 1.54) is 64.2 Å². The number of unbranched alkanes of at least 4 members (excludes halogenated alkanes) is 16. The van der Waals surface area contributed by atoms with Crippen LogP contribution in [0.4, 0.5) is 0 Å². The number of allylic oxidation sites excluding steroid dienone is 10. The van der Waals surface area contributed by atoms with Gasteiger partial charge < -0.3 is 64.2 Å². The molecule has 2 rings (SSSR count). The SMILES string of the molecule is CCCCCC/C=C/C=C/CCCCCCCC(=O)O[C@@H](COC(=O)CCC/C=C/C/C=C/C/C=C/CCCCCCCC)CO[C@@H]1O[C@H](CO[C@@H]2O[C@H](CO)[C@H](O)C(O)C2O)[C@H](O)C(O)C1O. The van der Waals surface area contributed by atoms with Crippen molar-refractivity contribution in [3.05, 3.63) is 60.8 Å². The summed E-state index contributed by atoms with van der Waals surface area (Å²) < 4.78 is 33.5. The Morgan fingerprint density at radius 1 is 0.485 bits per heavy atom. The average molecular weight is 967 g/mol. The van der Waals surface area contributed by atoms with E-state index in [1.807, 2.05) is 6.08 Å². The van der Waals surface area contributed by atoms with Gasteiger partial charge in [0.1, 0.15) is 55.4 Å². The van der Waals surface area contributed by atoms with Gasteiger partial charge >= 0.3 is 11.9 Å². The van der Waals surface area contributed by atoms with Crippen LogP contribution in [0.2, 0.25) is 0 Å². The molecule has 4 unspecified atom stereocenters. The summed E-state index contributed by atoms with van der Waals surface area (Å²) in [4.78, 5) is 25.7. The van der Waals surface area contributed by atoms with E-state index in [9.17, 15) is 45.3 Å². The normalized spacial score (nSPS) is 26.2. The maximum atomic E-state index is 13.0. The van der Waals surface area contributed by atoms with Gasteiger partial charge in [0, 0.05) is 12.8 Å². The quantitative estimate of drug-likeness (QED) is 0.0139. The first kappa shape index (κ1) is 61.3. The van der Waals surface area contributed by atoms with Crippen LogP contribution in [0.3, 0.4) is 0 Å². The lowest BCUT2D eigenvalue weighted by atomic mass is 9.98. The molecule has 2 heterocycles. The van der Waals surface area contributed by atoms with Crippen molar-refractivity contribution in [1.82, 2.24) is 0 Å². The van der Waals surface area contributed by atoms with Gasteiger partial charge in [-0.1, -0.05) is 145 Å². The van der Waals surface area contributed by atoms with Crippen molar-refractivity contribution in [3.8, 4) is 0 Å². The summed E-state index contributed by atoms with van der Waals surface area (Å²) in [7, 11) is 0. The van der Waals surface area contributed by atoms with Gasteiger partial charge in [-0.2, -0.15) is 0 Å². The molecule has 0 bridgehead atoms. The molecule has 0 aliphatic carbocycles. The van der Waals surface area contributed by atoms with Gasteiger partial charge in [0.15, 0.2) is 18.7 Å². The van der Waals surface area contributed by atoms with Crippen LogP contribution in [-0.2, 0) is 38.0 Å². The Labute approximate surface area is 407 Å². The third kappa shape index (κ3) is 27.6. The molecule has 15 heteroatoms. The van der Waals surface area contributed by atoms with Crippen LogP contribution in [0, 0.1) is 0 Å². The highest BCUT2D eigenvalue weighted by Crippen LogP contribution is 2.26. The van der Waals surface area contributed by atoms with E-state index in [0.717, 1.165) is 57.8 Å². The van der Waals surface area contributed by atoms with E-state index in [0.29, 0.717) is 19.3 Å². The molecule has 7 N–H and O–H groups in total. The van der Waals surface area contributed by atoms with Crippen LogP contribution >= 0.6 is 0 Å². The second-order valence-electron chi connectivity index (χ2n) is 18.0. The maximum Gasteiger partial charge on any atom is 0.306 e. The number of hydrogen-bond donors (Lipinski definition) is 7. The lowest BCUT2D eigenvalue weighted by molar-refractivity contribution is -0.332. The summed E-state index contributed by atoms with van der Waals surface area (Å²) in [6.45, 7) is 2.48. The highest BCUT2D eigenvalue weighted by Gasteiger charge is 2.47. The van der Waals surface area contributed by atoms with Crippen LogP contribution in [0.15, 0.2) is 60.8 Å². The lowest BCUT2D eigenvalue weighted by Crippen LogP contribution is -2.61. The zero-order valence-electron chi connectivity index (χ0n) is 41.3. The Morgan fingerprint density at radius 2 is 0.941 bits per heavy atom. The molecule has 11 atom stereocenters. The Bertz CT molecular complexity index is 1420. The summed E-state index contributed by atoms with van der Waals surface area (Å²) in [6, 6.07) is 0. The fraction of sp³-hybridized carbons (Fsp3) is 0.774. The fourth-order valence-corrected chi connectivity index (χ4v) is 7.69. The zero-order chi connectivity index (χ0) is 49.6. The minimum atomic E-state index is -1.78. The third-order valence-corrected chi connectivity index (χ3v) is 12.0. The highest BCUT2D eigenvalue weighted by molar-refractivity contribution is 5.70. The smallest absolute Gasteiger partial charge is 0.306 e. The summed E-state index contributed by atoms with van der Waals surface area (Å²) in [6.07, 6.45) is 28.2. The topological polar surface area (TPSA) is 231 Å². The molecule has 2 saturated heterocycles. The van der Waals surface area contributed by atoms with Crippen LogP contribution in [0.1, 0.15) is 168 Å². The first-order valence-electron chi connectivity index (χ1n) is 25.9. The largest absolute Gasteiger partial charge is 0.462 e. The number of rotatable bonds is 39. The van der Waals surface area contributed by atoms with E-state index in [-0.39, 0.29) is 19.4 Å². The number of aliphatic hydroxyl groups excluding tert-OH is 7. The van der Waals surface area contributed by atoms with E-state index in [4.69, 9.17) is 28.4 Å². The molecule has 0 amide bonds. The van der Waals surface area contributed by atoms with Crippen LogP contribution in [0.5, 0.6) is 0 Å². The molecule has 2 aliphatic rings. The molecule has 0 saturated carbocycles.